The summed E-state index contributed by atoms with van der Waals surface area (Å²) in [6, 6.07) is -1.62. The van der Waals surface area contributed by atoms with E-state index in [4.69, 9.17) is 24.7 Å². The first kappa shape index (κ1) is 52.6. The molecule has 6 aliphatic rings. The third-order valence-electron chi connectivity index (χ3n) is 17.0. The van der Waals surface area contributed by atoms with Gasteiger partial charge in [-0.05, 0) is 94.8 Å². The van der Waals surface area contributed by atoms with Gasteiger partial charge in [-0.3, -0.25) is 19.2 Å². The van der Waals surface area contributed by atoms with Crippen LogP contribution >= 0.6 is 0 Å². The number of fused-ring (bicyclic) bond motifs is 6. The van der Waals surface area contributed by atoms with E-state index in [0.717, 1.165) is 6.07 Å². The van der Waals surface area contributed by atoms with Gasteiger partial charge in [0.05, 0.1) is 30.2 Å². The molecular weight excluding hydrogens is 941 g/mol. The average molecular weight is 1010 g/mol. The number of nitrogens with zero attached hydrogens (tertiary/aromatic N) is 3. The summed E-state index contributed by atoms with van der Waals surface area (Å²) in [7, 11) is 1.33. The number of ketones is 2. The van der Waals surface area contributed by atoms with Crippen molar-refractivity contribution >= 4 is 52.1 Å². The number of Topliss-reactive ketones (excluding diaryl/α,β-unsaturated/α-hetero) is 1. The molecule has 2 aromatic rings. The number of piperazine rings is 1. The zero-order valence-electron chi connectivity index (χ0n) is 42.1. The number of anilines is 1. The Morgan fingerprint density at radius 2 is 1.69 bits per heavy atom. The minimum atomic E-state index is -2.17. The molecule has 1 aromatic carbocycles. The van der Waals surface area contributed by atoms with Gasteiger partial charge in [-0.1, -0.05) is 46.3 Å². The molecule has 5 fully saturated rings. The van der Waals surface area contributed by atoms with Crippen LogP contribution in [0.3, 0.4) is 0 Å². The standard InChI is InChI=1S/C52H67F2N5O13/c1-26(2)39(55)45(64)56-40(27(3)4)47(66)71-25-72-48(67)58-18-17-57(22-28(58)5)42-36(53)20-32-41(44(42)69-8)59(30-10-11-30)23-33(43(32)63)46(65)70-24-38(62)51(68)16-14-34-35-12-9-29-19-31(60)13-15-49(29,6)52(35,54)37(61)21-50(34,51)7/h13,15,19-20,23,26-28,30,34-35,37,39-40,61,68H,9-12,14,16-18,21-22,24-25,55H2,1-8H3,(H,56,64)/t28?,34-,35-,37-,39?,40?,49-,50-,51-,52-/m0/s1. The number of esters is 2. The average Bonchev–Trinajstić information content (AvgIpc) is 4.14. The molecule has 10 atom stereocenters. The predicted molar refractivity (Wildman–Crippen MR) is 257 cm³/mol. The molecule has 20 heteroatoms. The largest absolute Gasteiger partial charge is 0.492 e. The van der Waals surface area contributed by atoms with Gasteiger partial charge in [0.1, 0.15) is 22.9 Å². The van der Waals surface area contributed by atoms with Crippen molar-refractivity contribution in [2.24, 2.45) is 40.2 Å². The quantitative estimate of drug-likeness (QED) is 0.149. The third-order valence-corrected chi connectivity index (χ3v) is 17.0. The highest BCUT2D eigenvalue weighted by atomic mass is 19.1. The summed E-state index contributed by atoms with van der Waals surface area (Å²) in [5.41, 5.74) is -1.43. The lowest BCUT2D eigenvalue weighted by atomic mass is 9.44. The van der Waals surface area contributed by atoms with E-state index in [1.807, 2.05) is 0 Å². The minimum absolute atomic E-state index is 0.0193. The normalized spacial score (nSPS) is 30.8. The topological polar surface area (TPSA) is 246 Å². The van der Waals surface area contributed by atoms with Gasteiger partial charge in [0, 0.05) is 54.7 Å². The molecule has 0 spiro atoms. The van der Waals surface area contributed by atoms with E-state index in [0.29, 0.717) is 31.3 Å². The van der Waals surface area contributed by atoms with Crippen LogP contribution in [0.5, 0.6) is 5.75 Å². The highest BCUT2D eigenvalue weighted by Crippen LogP contribution is 2.69. The Hall–Kier alpha value is -5.73. The molecule has 2 heterocycles. The first-order chi connectivity index (χ1) is 33.8. The van der Waals surface area contributed by atoms with Gasteiger partial charge in [-0.25, -0.2) is 23.2 Å². The fourth-order valence-electron chi connectivity index (χ4n) is 12.5. The van der Waals surface area contributed by atoms with E-state index in [1.54, 1.807) is 57.9 Å². The lowest BCUT2D eigenvalue weighted by Gasteiger charge is -2.62. The molecule has 0 bridgehead atoms. The monoisotopic (exact) mass is 1010 g/mol. The number of aliphatic hydroxyl groups excluding tert-OH is 1. The maximum Gasteiger partial charge on any atom is 0.413 e. The number of hydrogen-bond donors (Lipinski definition) is 4. The number of nitrogens with one attached hydrogen (secondary N) is 1. The maximum atomic E-state index is 17.6. The molecule has 5 aliphatic carbocycles. The van der Waals surface area contributed by atoms with Crippen molar-refractivity contribution in [1.29, 1.82) is 0 Å². The zero-order chi connectivity index (χ0) is 52.6. The Kier molecular flexibility index (Phi) is 14.1. The van der Waals surface area contributed by atoms with Crippen molar-refractivity contribution in [3.8, 4) is 5.75 Å². The van der Waals surface area contributed by atoms with Gasteiger partial charge in [0.25, 0.3) is 0 Å². The Morgan fingerprint density at radius 3 is 2.33 bits per heavy atom. The van der Waals surface area contributed by atoms with Crippen molar-refractivity contribution in [3.05, 3.63) is 57.7 Å². The SMILES string of the molecule is COc1c(N2CCN(C(=O)OCOC(=O)C(NC(=O)C(N)C(C)C)C(C)C)C(C)C2)c(F)cc2c(=O)c(C(=O)OCC(=O)[C@@]3(O)CC[C@H]4[C@@H]5CCC6=CC(=O)C=C[C@]6(C)[C@@]5(F)[C@@H](O)C[C@@]43C)cn(C3CC3)c12. The molecule has 392 valence electrons. The summed E-state index contributed by atoms with van der Waals surface area (Å²) < 4.78 is 57.6. The number of carbonyl (C=O) groups is 6. The van der Waals surface area contributed by atoms with E-state index in [9.17, 15) is 43.8 Å². The van der Waals surface area contributed by atoms with Crippen LogP contribution in [-0.4, -0.2) is 131 Å². The molecule has 1 saturated heterocycles. The number of rotatable bonds is 14. The number of methoxy groups -OCH3 is 1. The molecule has 1 aromatic heterocycles. The number of alkyl halides is 1. The Bertz CT molecular complexity index is 2700. The molecule has 8 rings (SSSR count). The van der Waals surface area contributed by atoms with Crippen molar-refractivity contribution in [3.63, 3.8) is 0 Å². The molecule has 0 radical (unpaired) electrons. The van der Waals surface area contributed by atoms with Gasteiger partial charge < -0.3 is 54.6 Å². The number of allylic oxidation sites excluding steroid dienone is 4. The zero-order valence-corrected chi connectivity index (χ0v) is 42.1. The molecule has 2 amide bonds. The van der Waals surface area contributed by atoms with E-state index in [1.165, 1.54) is 36.4 Å². The summed E-state index contributed by atoms with van der Waals surface area (Å²) in [6.45, 7) is 10.6. The van der Waals surface area contributed by atoms with E-state index < -0.39 is 118 Å². The summed E-state index contributed by atoms with van der Waals surface area (Å²) in [6.07, 6.45) is 5.14. The molecule has 3 unspecified atom stereocenters. The van der Waals surface area contributed by atoms with Gasteiger partial charge in [0.15, 0.2) is 29.6 Å². The molecule has 4 saturated carbocycles. The highest BCUT2D eigenvalue weighted by molar-refractivity contribution is 6.01. The summed E-state index contributed by atoms with van der Waals surface area (Å²) in [5, 5.41) is 26.3. The number of aliphatic hydroxyl groups is 2. The maximum absolute atomic E-state index is 17.6. The Labute approximate surface area is 416 Å². The minimum Gasteiger partial charge on any atom is -0.492 e. The number of carbonyl (C=O) groups excluding carboxylic acids is 6. The van der Waals surface area contributed by atoms with Gasteiger partial charge >= 0.3 is 18.0 Å². The fourth-order valence-corrected chi connectivity index (χ4v) is 12.5. The summed E-state index contributed by atoms with van der Waals surface area (Å²) in [4.78, 5) is 96.1. The Balaban J connectivity index is 0.949. The second-order valence-corrected chi connectivity index (χ2v) is 21.8. The number of ether oxygens (including phenoxy) is 4. The summed E-state index contributed by atoms with van der Waals surface area (Å²) in [5.74, 6) is -6.25. The molecular formula is C52H67F2N5O13. The molecule has 1 aliphatic heterocycles. The summed E-state index contributed by atoms with van der Waals surface area (Å²) >= 11 is 0. The fraction of sp³-hybridized carbons (Fsp3) is 0.635. The number of pyridine rings is 1. The number of aromatic nitrogens is 1. The lowest BCUT2D eigenvalue weighted by molar-refractivity contribution is -0.217. The van der Waals surface area contributed by atoms with Crippen LogP contribution in [0.4, 0.5) is 19.3 Å². The van der Waals surface area contributed by atoms with Crippen LogP contribution in [0.2, 0.25) is 0 Å². The molecule has 18 nitrogen and oxygen atoms in total. The second-order valence-electron chi connectivity index (χ2n) is 21.8. The van der Waals surface area contributed by atoms with Crippen LogP contribution in [0.25, 0.3) is 10.9 Å². The highest BCUT2D eigenvalue weighted by Gasteiger charge is 2.74. The molecule has 5 N–H and O–H groups in total. The second kappa shape index (κ2) is 19.3. The van der Waals surface area contributed by atoms with Crippen LogP contribution in [0, 0.1) is 40.3 Å². The lowest BCUT2D eigenvalue weighted by Crippen LogP contribution is -2.69. The first-order valence-electron chi connectivity index (χ1n) is 24.9. The van der Waals surface area contributed by atoms with E-state index in [2.05, 4.69) is 5.32 Å². The van der Waals surface area contributed by atoms with Gasteiger partial charge in [0.2, 0.25) is 23.9 Å². The number of amides is 2. The van der Waals surface area contributed by atoms with Crippen molar-refractivity contribution in [2.45, 2.75) is 135 Å². The number of hydrogen-bond acceptors (Lipinski definition) is 15. The van der Waals surface area contributed by atoms with Gasteiger partial charge in [-0.15, -0.1) is 0 Å². The number of nitrogens with two attached hydrogens (primary N) is 1. The number of benzene rings is 1. The first-order valence-corrected chi connectivity index (χ1v) is 24.9. The van der Waals surface area contributed by atoms with Crippen molar-refractivity contribution in [2.75, 3.05) is 45.0 Å². The van der Waals surface area contributed by atoms with Crippen molar-refractivity contribution < 1.29 is 66.7 Å². The van der Waals surface area contributed by atoms with Crippen molar-refractivity contribution in [1.82, 2.24) is 14.8 Å². The van der Waals surface area contributed by atoms with Gasteiger partial charge in [-0.2, -0.15) is 0 Å². The van der Waals surface area contributed by atoms with E-state index in [-0.39, 0.29) is 84.9 Å². The predicted octanol–water partition coefficient (Wildman–Crippen LogP) is 4.58. The Morgan fingerprint density at radius 1 is 0.986 bits per heavy atom. The van der Waals surface area contributed by atoms with Crippen LogP contribution in [-0.2, 0) is 33.4 Å². The molecule has 72 heavy (non-hydrogen) atoms. The third kappa shape index (κ3) is 8.57. The van der Waals surface area contributed by atoms with Crippen LogP contribution < -0.4 is 26.1 Å². The number of halogens is 2. The van der Waals surface area contributed by atoms with Crippen LogP contribution in [0.1, 0.15) is 110 Å². The van der Waals surface area contributed by atoms with E-state index >= 15 is 8.78 Å². The van der Waals surface area contributed by atoms with Crippen LogP contribution in [0.15, 0.2) is 40.9 Å². The smallest absolute Gasteiger partial charge is 0.413 e.